The van der Waals surface area contributed by atoms with Gasteiger partial charge in [0.25, 0.3) is 5.92 Å². The molecule has 1 saturated heterocycles. The Morgan fingerprint density at radius 2 is 1.81 bits per heavy atom. The molecule has 4 rings (SSSR count). The van der Waals surface area contributed by atoms with Crippen molar-refractivity contribution in [3.05, 3.63) is 51.9 Å². The molecule has 2 aliphatic rings. The van der Waals surface area contributed by atoms with E-state index in [2.05, 4.69) is 4.98 Å². The predicted molar refractivity (Wildman–Crippen MR) is 107 cm³/mol. The molecule has 0 spiro atoms. The van der Waals surface area contributed by atoms with Crippen molar-refractivity contribution in [2.45, 2.75) is 38.3 Å². The van der Waals surface area contributed by atoms with E-state index in [1.807, 2.05) is 0 Å². The first kappa shape index (κ1) is 22.1. The number of hydrogen-bond donors (Lipinski definition) is 0. The van der Waals surface area contributed by atoms with Crippen LogP contribution >= 0.6 is 0 Å². The number of carbonyl (C=O) groups excluding carboxylic acids is 1. The van der Waals surface area contributed by atoms with Crippen LogP contribution < -0.4 is 15.3 Å². The molecule has 0 N–H and O–H groups in total. The molecule has 172 valence electrons. The van der Waals surface area contributed by atoms with Crippen molar-refractivity contribution in [3.63, 3.8) is 0 Å². The molecule has 11 heteroatoms. The molecule has 1 aromatic heterocycles. The third-order valence-electron chi connectivity index (χ3n) is 5.64. The fourth-order valence-corrected chi connectivity index (χ4v) is 3.85. The van der Waals surface area contributed by atoms with E-state index in [0.29, 0.717) is 30.9 Å². The first-order valence-electron chi connectivity index (χ1n) is 10.3. The third kappa shape index (κ3) is 4.86. The van der Waals surface area contributed by atoms with Crippen molar-refractivity contribution in [1.82, 2.24) is 14.5 Å². The SMILES string of the molecule is O=C(CN1CCCn2c1cc(OCc1ccc(F)c(F)c1)nc2=O)N1CCC(F)(F)CC1. The lowest BCUT2D eigenvalue weighted by atomic mass is 10.1. The second kappa shape index (κ2) is 8.79. The van der Waals surface area contributed by atoms with E-state index in [1.54, 1.807) is 4.90 Å². The zero-order valence-corrected chi connectivity index (χ0v) is 17.2. The van der Waals surface area contributed by atoms with Crippen LogP contribution in [0.4, 0.5) is 23.4 Å². The van der Waals surface area contributed by atoms with Crippen LogP contribution in [0, 0.1) is 11.6 Å². The molecule has 1 amide bonds. The molecule has 7 nitrogen and oxygen atoms in total. The second-order valence-electron chi connectivity index (χ2n) is 7.94. The van der Waals surface area contributed by atoms with Crippen LogP contribution in [0.2, 0.25) is 0 Å². The topological polar surface area (TPSA) is 67.7 Å². The van der Waals surface area contributed by atoms with Gasteiger partial charge in [-0.3, -0.25) is 9.36 Å². The van der Waals surface area contributed by atoms with Gasteiger partial charge in [-0.1, -0.05) is 6.07 Å². The lowest BCUT2D eigenvalue weighted by Crippen LogP contribution is -2.48. The molecule has 0 bridgehead atoms. The van der Waals surface area contributed by atoms with Crippen molar-refractivity contribution in [3.8, 4) is 5.88 Å². The van der Waals surface area contributed by atoms with E-state index in [0.717, 1.165) is 12.1 Å². The summed E-state index contributed by atoms with van der Waals surface area (Å²) in [7, 11) is 0. The van der Waals surface area contributed by atoms with Gasteiger partial charge in [-0.2, -0.15) is 4.98 Å². The lowest BCUT2D eigenvalue weighted by Gasteiger charge is -2.35. The number of ether oxygens (including phenoxy) is 1. The van der Waals surface area contributed by atoms with E-state index in [9.17, 15) is 27.2 Å². The molecule has 0 saturated carbocycles. The second-order valence-corrected chi connectivity index (χ2v) is 7.94. The summed E-state index contributed by atoms with van der Waals surface area (Å²) in [5.41, 5.74) is -0.199. The van der Waals surface area contributed by atoms with E-state index in [1.165, 1.54) is 21.6 Å². The van der Waals surface area contributed by atoms with Gasteiger partial charge in [0.15, 0.2) is 11.6 Å². The smallest absolute Gasteiger partial charge is 0.352 e. The van der Waals surface area contributed by atoms with Gasteiger partial charge in [-0.05, 0) is 24.1 Å². The summed E-state index contributed by atoms with van der Waals surface area (Å²) < 4.78 is 60.1. The van der Waals surface area contributed by atoms with Crippen LogP contribution in [0.3, 0.4) is 0 Å². The van der Waals surface area contributed by atoms with Crippen molar-refractivity contribution in [2.75, 3.05) is 31.1 Å². The van der Waals surface area contributed by atoms with Crippen molar-refractivity contribution in [1.29, 1.82) is 0 Å². The molecule has 0 unspecified atom stereocenters. The minimum Gasteiger partial charge on any atom is -0.473 e. The summed E-state index contributed by atoms with van der Waals surface area (Å²) in [6, 6.07) is 4.84. The Bertz CT molecular complexity index is 1070. The molecule has 0 atom stereocenters. The summed E-state index contributed by atoms with van der Waals surface area (Å²) >= 11 is 0. The number of nitrogens with zero attached hydrogens (tertiary/aromatic N) is 4. The molecule has 3 heterocycles. The zero-order valence-electron chi connectivity index (χ0n) is 17.2. The maximum atomic E-state index is 13.4. The van der Waals surface area contributed by atoms with Crippen molar-refractivity contribution >= 4 is 11.7 Å². The molecule has 2 aliphatic heterocycles. The normalized spacial score (nSPS) is 17.8. The van der Waals surface area contributed by atoms with Crippen LogP contribution in [-0.2, 0) is 17.9 Å². The fraction of sp³-hybridized carbons (Fsp3) is 0.476. The minimum atomic E-state index is -2.74. The number of halogens is 4. The van der Waals surface area contributed by atoms with Crippen LogP contribution in [0.1, 0.15) is 24.8 Å². The molecule has 0 radical (unpaired) electrons. The van der Waals surface area contributed by atoms with Crippen molar-refractivity contribution in [2.24, 2.45) is 0 Å². The molecule has 2 aromatic rings. The Hall–Kier alpha value is -3.11. The Morgan fingerprint density at radius 1 is 1.06 bits per heavy atom. The predicted octanol–water partition coefficient (Wildman–Crippen LogP) is 2.57. The van der Waals surface area contributed by atoms with Gasteiger partial charge in [0, 0.05) is 45.1 Å². The summed E-state index contributed by atoms with van der Waals surface area (Å²) in [5.74, 6) is -4.59. The quantitative estimate of drug-likeness (QED) is 0.650. The number of fused-ring (bicyclic) bond motifs is 1. The number of amides is 1. The molecule has 0 aliphatic carbocycles. The number of benzene rings is 1. The van der Waals surface area contributed by atoms with Gasteiger partial charge in [-0.25, -0.2) is 22.4 Å². The first-order chi connectivity index (χ1) is 15.2. The lowest BCUT2D eigenvalue weighted by molar-refractivity contribution is -0.135. The Morgan fingerprint density at radius 3 is 2.53 bits per heavy atom. The maximum absolute atomic E-state index is 13.4. The van der Waals surface area contributed by atoms with E-state index in [4.69, 9.17) is 4.74 Å². The zero-order chi connectivity index (χ0) is 22.9. The molecular weight excluding hydrogens is 432 g/mol. The highest BCUT2D eigenvalue weighted by atomic mass is 19.3. The van der Waals surface area contributed by atoms with Crippen LogP contribution in [0.25, 0.3) is 0 Å². The number of carbonyl (C=O) groups is 1. The van der Waals surface area contributed by atoms with E-state index < -0.39 is 23.2 Å². The largest absolute Gasteiger partial charge is 0.473 e. The van der Waals surface area contributed by atoms with Gasteiger partial charge >= 0.3 is 5.69 Å². The molecule has 1 fully saturated rings. The number of aromatic nitrogens is 2. The minimum absolute atomic E-state index is 0.00852. The number of rotatable bonds is 5. The van der Waals surface area contributed by atoms with E-state index >= 15 is 0 Å². The summed E-state index contributed by atoms with van der Waals surface area (Å²) in [6.45, 7) is 0.718. The van der Waals surface area contributed by atoms with Crippen LogP contribution in [-0.4, -0.2) is 52.5 Å². The highest BCUT2D eigenvalue weighted by Crippen LogP contribution is 2.28. The summed E-state index contributed by atoms with van der Waals surface area (Å²) in [4.78, 5) is 32.1. The number of anilines is 1. The first-order valence-corrected chi connectivity index (χ1v) is 10.3. The number of alkyl halides is 2. The fourth-order valence-electron chi connectivity index (χ4n) is 3.85. The Labute approximate surface area is 181 Å². The Balaban J connectivity index is 1.47. The molecular formula is C21H22F4N4O3. The maximum Gasteiger partial charge on any atom is 0.352 e. The highest BCUT2D eigenvalue weighted by Gasteiger charge is 2.36. The van der Waals surface area contributed by atoms with Gasteiger partial charge in [0.1, 0.15) is 12.4 Å². The van der Waals surface area contributed by atoms with Gasteiger partial charge in [0.2, 0.25) is 11.8 Å². The van der Waals surface area contributed by atoms with Crippen LogP contribution in [0.5, 0.6) is 5.88 Å². The molecule has 1 aromatic carbocycles. The molecule has 32 heavy (non-hydrogen) atoms. The summed E-state index contributed by atoms with van der Waals surface area (Å²) in [5, 5.41) is 0. The van der Waals surface area contributed by atoms with Crippen molar-refractivity contribution < 1.29 is 27.1 Å². The average Bonchev–Trinajstić information content (AvgIpc) is 2.75. The van der Waals surface area contributed by atoms with Gasteiger partial charge in [-0.15, -0.1) is 0 Å². The van der Waals surface area contributed by atoms with Crippen LogP contribution in [0.15, 0.2) is 29.1 Å². The summed E-state index contributed by atoms with van der Waals surface area (Å²) in [6.07, 6.45) is -0.101. The Kier molecular flexibility index (Phi) is 6.07. The standard InChI is InChI=1S/C21H22F4N4O3/c22-15-3-2-14(10-16(15)23)13-32-17-11-18-28(6-1-7-29(18)20(31)26-17)12-19(30)27-8-4-21(24,25)5-9-27/h2-3,10-11H,1,4-9,12-13H2. The number of piperidine rings is 1. The van der Waals surface area contributed by atoms with E-state index in [-0.39, 0.29) is 50.9 Å². The van der Waals surface area contributed by atoms with Gasteiger partial charge in [0.05, 0.1) is 6.54 Å². The highest BCUT2D eigenvalue weighted by molar-refractivity contribution is 5.81. The average molecular weight is 454 g/mol. The van der Waals surface area contributed by atoms with Gasteiger partial charge < -0.3 is 14.5 Å². The monoisotopic (exact) mass is 454 g/mol. The third-order valence-corrected chi connectivity index (χ3v) is 5.64. The number of hydrogen-bond acceptors (Lipinski definition) is 5. The number of likely N-dealkylation sites (tertiary alicyclic amines) is 1.